The Morgan fingerprint density at radius 1 is 1.26 bits per heavy atom. The average molecular weight is 381 g/mol. The van der Waals surface area contributed by atoms with Crippen LogP contribution in [0.1, 0.15) is 0 Å². The maximum Gasteiger partial charge on any atom is 0.248 e. The fourth-order valence-corrected chi connectivity index (χ4v) is 5.30. The summed E-state index contributed by atoms with van der Waals surface area (Å²) >= 11 is 0. The van der Waals surface area contributed by atoms with E-state index in [1.165, 1.54) is 0 Å². The monoisotopic (exact) mass is 381 g/mol. The molecule has 3 aliphatic heterocycles. The first-order chi connectivity index (χ1) is 13.0. The summed E-state index contributed by atoms with van der Waals surface area (Å²) < 4.78 is 16.4. The molecule has 1 aliphatic carbocycles. The second kappa shape index (κ2) is 7.31. The quantitative estimate of drug-likeness (QED) is 0.617. The molecule has 0 aromatic carbocycles. The summed E-state index contributed by atoms with van der Waals surface area (Å²) in [5.41, 5.74) is -0.264. The Morgan fingerprint density at radius 3 is 2.67 bits per heavy atom. The molecule has 4 aliphatic rings. The van der Waals surface area contributed by atoms with Crippen molar-refractivity contribution in [1.29, 1.82) is 0 Å². The second-order valence-corrected chi connectivity index (χ2v) is 8.75. The third-order valence-electron chi connectivity index (χ3n) is 6.82. The Hall–Kier alpha value is -1.22. The van der Waals surface area contributed by atoms with Gasteiger partial charge in [-0.1, -0.05) is 0 Å². The van der Waals surface area contributed by atoms with Crippen LogP contribution in [0.4, 0.5) is 0 Å². The zero-order valence-corrected chi connectivity index (χ0v) is 16.6. The van der Waals surface area contributed by atoms with Crippen molar-refractivity contribution in [3.05, 3.63) is 0 Å². The molecule has 4 fully saturated rings. The smallest absolute Gasteiger partial charge is 0.248 e. The lowest BCUT2D eigenvalue weighted by molar-refractivity contribution is -0.134. The van der Waals surface area contributed by atoms with Crippen LogP contribution in [0.25, 0.3) is 0 Å². The summed E-state index contributed by atoms with van der Waals surface area (Å²) in [6.07, 6.45) is 0. The largest absolute Gasteiger partial charge is 0.383 e. The standard InChI is InChI=1S/C19H31N3O5/c1-20(2)15-6-22(18(24)17-13-7-26-8-14(13)17)11-19(15)10-21(4-5-25-3)16(23)9-27-12-19/h13-15,17H,4-12H2,1-3H3/t13-,14+,15-,17?,19-/m1/s1. The van der Waals surface area contributed by atoms with Gasteiger partial charge in [0.25, 0.3) is 0 Å². The molecule has 27 heavy (non-hydrogen) atoms. The summed E-state index contributed by atoms with van der Waals surface area (Å²) in [7, 11) is 5.74. The molecule has 1 spiro atoms. The number of nitrogens with zero attached hydrogens (tertiary/aromatic N) is 3. The molecule has 152 valence electrons. The van der Waals surface area contributed by atoms with Crippen LogP contribution >= 0.6 is 0 Å². The number of carbonyl (C=O) groups excluding carboxylic acids is 2. The molecule has 0 aromatic heterocycles. The zero-order chi connectivity index (χ0) is 19.2. The number of hydrogen-bond donors (Lipinski definition) is 0. The normalized spacial score (nSPS) is 38.6. The van der Waals surface area contributed by atoms with Crippen LogP contribution in [0.5, 0.6) is 0 Å². The van der Waals surface area contributed by atoms with E-state index in [4.69, 9.17) is 14.2 Å². The molecular formula is C19H31N3O5. The molecule has 1 unspecified atom stereocenters. The molecule has 0 bridgehead atoms. The number of ether oxygens (including phenoxy) is 3. The number of fused-ring (bicyclic) bond motifs is 1. The van der Waals surface area contributed by atoms with Crippen LogP contribution in [0.2, 0.25) is 0 Å². The molecule has 8 heteroatoms. The number of methoxy groups -OCH3 is 1. The van der Waals surface area contributed by atoms with Gasteiger partial charge in [0.15, 0.2) is 0 Å². The summed E-state index contributed by atoms with van der Waals surface area (Å²) in [5.74, 6) is 1.22. The summed E-state index contributed by atoms with van der Waals surface area (Å²) in [4.78, 5) is 31.6. The van der Waals surface area contributed by atoms with Crippen molar-refractivity contribution in [1.82, 2.24) is 14.7 Å². The third-order valence-corrected chi connectivity index (χ3v) is 6.82. The third kappa shape index (κ3) is 3.37. The number of carbonyl (C=O) groups is 2. The molecule has 3 saturated heterocycles. The number of hydrogen-bond acceptors (Lipinski definition) is 6. The predicted molar refractivity (Wildman–Crippen MR) is 97.1 cm³/mol. The van der Waals surface area contributed by atoms with E-state index in [0.717, 1.165) is 13.2 Å². The minimum atomic E-state index is -0.264. The lowest BCUT2D eigenvalue weighted by atomic mass is 9.82. The van der Waals surface area contributed by atoms with Gasteiger partial charge < -0.3 is 28.9 Å². The lowest BCUT2D eigenvalue weighted by Crippen LogP contribution is -2.52. The SMILES string of the molecule is COCCN1C[C@]2(COCC1=O)CN(C(=O)C1[C@H]3COC[C@@H]13)C[C@H]2N(C)C. The van der Waals surface area contributed by atoms with Gasteiger partial charge in [0, 0.05) is 50.7 Å². The molecule has 0 radical (unpaired) electrons. The van der Waals surface area contributed by atoms with Crippen molar-refractivity contribution < 1.29 is 23.8 Å². The number of amides is 2. The Bertz CT molecular complexity index is 590. The maximum absolute atomic E-state index is 13.1. The van der Waals surface area contributed by atoms with Crippen LogP contribution in [0.15, 0.2) is 0 Å². The molecular weight excluding hydrogens is 350 g/mol. The van der Waals surface area contributed by atoms with E-state index in [-0.39, 0.29) is 35.8 Å². The molecule has 2 amide bonds. The minimum absolute atomic E-state index is 0.0000753. The minimum Gasteiger partial charge on any atom is -0.383 e. The van der Waals surface area contributed by atoms with E-state index in [1.807, 2.05) is 23.9 Å². The topological polar surface area (TPSA) is 71.5 Å². The Balaban J connectivity index is 1.52. The fourth-order valence-electron chi connectivity index (χ4n) is 5.30. The van der Waals surface area contributed by atoms with Gasteiger partial charge in [0.05, 0.1) is 26.4 Å². The zero-order valence-electron chi connectivity index (χ0n) is 16.6. The van der Waals surface area contributed by atoms with E-state index in [9.17, 15) is 9.59 Å². The Kier molecular flexibility index (Phi) is 5.18. The van der Waals surface area contributed by atoms with Gasteiger partial charge >= 0.3 is 0 Å². The van der Waals surface area contributed by atoms with E-state index < -0.39 is 0 Å². The lowest BCUT2D eigenvalue weighted by Gasteiger charge is -2.38. The van der Waals surface area contributed by atoms with Crippen molar-refractivity contribution in [3.8, 4) is 0 Å². The summed E-state index contributed by atoms with van der Waals surface area (Å²) in [5, 5.41) is 0. The number of likely N-dealkylation sites (N-methyl/N-ethyl adjacent to an activating group) is 1. The van der Waals surface area contributed by atoms with Gasteiger partial charge in [0.1, 0.15) is 6.61 Å². The molecule has 8 nitrogen and oxygen atoms in total. The molecule has 5 atom stereocenters. The first kappa shape index (κ1) is 19.1. The molecule has 3 heterocycles. The van der Waals surface area contributed by atoms with Crippen LogP contribution < -0.4 is 0 Å². The highest BCUT2D eigenvalue weighted by Crippen LogP contribution is 2.52. The van der Waals surface area contributed by atoms with Crippen LogP contribution in [-0.2, 0) is 23.8 Å². The first-order valence-electron chi connectivity index (χ1n) is 9.84. The van der Waals surface area contributed by atoms with Crippen molar-refractivity contribution in [3.63, 3.8) is 0 Å². The van der Waals surface area contributed by atoms with Gasteiger partial charge in [0.2, 0.25) is 11.8 Å². The number of likely N-dealkylation sites (tertiary alicyclic amines) is 1. The van der Waals surface area contributed by atoms with Gasteiger partial charge in [-0.3, -0.25) is 9.59 Å². The predicted octanol–water partition coefficient (Wildman–Crippen LogP) is -0.857. The van der Waals surface area contributed by atoms with Crippen LogP contribution in [0, 0.1) is 23.2 Å². The summed E-state index contributed by atoms with van der Waals surface area (Å²) in [6.45, 7) is 5.03. The van der Waals surface area contributed by atoms with Crippen molar-refractivity contribution in [2.75, 3.05) is 80.4 Å². The van der Waals surface area contributed by atoms with E-state index in [1.54, 1.807) is 7.11 Å². The highest BCUT2D eigenvalue weighted by Gasteiger charge is 2.61. The van der Waals surface area contributed by atoms with Gasteiger partial charge in [-0.15, -0.1) is 0 Å². The molecule has 4 rings (SSSR count). The van der Waals surface area contributed by atoms with Gasteiger partial charge in [-0.05, 0) is 25.9 Å². The Labute approximate surface area is 160 Å². The van der Waals surface area contributed by atoms with Gasteiger partial charge in [-0.2, -0.15) is 0 Å². The first-order valence-corrected chi connectivity index (χ1v) is 9.84. The van der Waals surface area contributed by atoms with E-state index in [2.05, 4.69) is 4.90 Å². The van der Waals surface area contributed by atoms with Gasteiger partial charge in [-0.25, -0.2) is 0 Å². The van der Waals surface area contributed by atoms with Crippen LogP contribution in [-0.4, -0.2) is 113 Å². The maximum atomic E-state index is 13.1. The molecule has 1 saturated carbocycles. The highest BCUT2D eigenvalue weighted by molar-refractivity contribution is 5.83. The van der Waals surface area contributed by atoms with Crippen molar-refractivity contribution in [2.24, 2.45) is 23.2 Å². The Morgan fingerprint density at radius 2 is 2.00 bits per heavy atom. The van der Waals surface area contributed by atoms with E-state index in [0.29, 0.717) is 51.2 Å². The molecule has 0 aromatic rings. The number of rotatable bonds is 5. The van der Waals surface area contributed by atoms with Crippen molar-refractivity contribution >= 4 is 11.8 Å². The van der Waals surface area contributed by atoms with E-state index >= 15 is 0 Å². The molecule has 0 N–H and O–H groups in total. The fraction of sp³-hybridized carbons (Fsp3) is 0.895. The highest BCUT2D eigenvalue weighted by atomic mass is 16.5. The average Bonchev–Trinajstić information content (AvgIpc) is 2.98. The van der Waals surface area contributed by atoms with Crippen molar-refractivity contribution in [2.45, 2.75) is 6.04 Å². The summed E-state index contributed by atoms with van der Waals surface area (Å²) in [6, 6.07) is 0.159. The second-order valence-electron chi connectivity index (χ2n) is 8.75. The van der Waals surface area contributed by atoms with Crippen LogP contribution in [0.3, 0.4) is 0 Å².